The van der Waals surface area contributed by atoms with Crippen LogP contribution < -0.4 is 4.90 Å². The van der Waals surface area contributed by atoms with E-state index in [1.807, 2.05) is 12.3 Å². The molecule has 1 aliphatic heterocycles. The molecule has 4 rings (SSSR count). The summed E-state index contributed by atoms with van der Waals surface area (Å²) >= 11 is 5.36. The predicted octanol–water partition coefficient (Wildman–Crippen LogP) is 4.64. The van der Waals surface area contributed by atoms with Gasteiger partial charge in [0.25, 0.3) is 0 Å². The van der Waals surface area contributed by atoms with Crippen LogP contribution in [0.25, 0.3) is 10.9 Å². The van der Waals surface area contributed by atoms with E-state index in [4.69, 9.17) is 4.74 Å². The maximum Gasteiger partial charge on any atom is 0.109 e. The molecule has 3 aromatic rings. The Morgan fingerprint density at radius 1 is 1.23 bits per heavy atom. The Kier molecular flexibility index (Phi) is 3.86. The number of benzene rings is 1. The van der Waals surface area contributed by atoms with E-state index in [0.29, 0.717) is 0 Å². The molecule has 0 aliphatic carbocycles. The summed E-state index contributed by atoms with van der Waals surface area (Å²) in [6.45, 7) is 2.54. The molecule has 0 N–H and O–H groups in total. The van der Waals surface area contributed by atoms with E-state index in [1.165, 1.54) is 16.0 Å². The zero-order chi connectivity index (χ0) is 14.9. The largest absolute Gasteiger partial charge is 0.369 e. The number of nitrogens with zero attached hydrogens (tertiary/aromatic N) is 2. The molecule has 0 bridgehead atoms. The molecule has 3 nitrogen and oxygen atoms in total. The van der Waals surface area contributed by atoms with Crippen molar-refractivity contribution in [3.05, 3.63) is 57.3 Å². The lowest BCUT2D eigenvalue weighted by molar-refractivity contribution is 0.0422. The minimum atomic E-state index is 0.157. The van der Waals surface area contributed by atoms with E-state index in [-0.39, 0.29) is 6.10 Å². The van der Waals surface area contributed by atoms with Gasteiger partial charge >= 0.3 is 0 Å². The van der Waals surface area contributed by atoms with Crippen LogP contribution in [-0.4, -0.2) is 24.7 Å². The Hall–Kier alpha value is -1.43. The fourth-order valence-corrected chi connectivity index (χ4v) is 4.15. The first-order chi connectivity index (χ1) is 10.8. The van der Waals surface area contributed by atoms with Crippen LogP contribution in [0.4, 0.5) is 5.69 Å². The van der Waals surface area contributed by atoms with Crippen LogP contribution in [0.15, 0.2) is 52.4 Å². The number of para-hydroxylation sites is 1. The number of thiophene rings is 1. The van der Waals surface area contributed by atoms with Gasteiger partial charge < -0.3 is 9.64 Å². The summed E-state index contributed by atoms with van der Waals surface area (Å²) in [7, 11) is 0. The second kappa shape index (κ2) is 5.99. The lowest BCUT2D eigenvalue weighted by Gasteiger charge is -2.34. The van der Waals surface area contributed by atoms with Gasteiger partial charge in [0.15, 0.2) is 0 Å². The summed E-state index contributed by atoms with van der Waals surface area (Å²) in [6, 6.07) is 12.6. The quantitative estimate of drug-likeness (QED) is 0.653. The van der Waals surface area contributed by atoms with Crippen molar-refractivity contribution in [1.82, 2.24) is 4.98 Å². The highest BCUT2D eigenvalue weighted by atomic mass is 79.9. The van der Waals surface area contributed by atoms with E-state index in [9.17, 15) is 0 Å². The Bertz CT molecular complexity index is 790. The molecule has 0 spiro atoms. The summed E-state index contributed by atoms with van der Waals surface area (Å²) in [6.07, 6.45) is 2.04. The van der Waals surface area contributed by atoms with Crippen LogP contribution in [0.2, 0.25) is 0 Å². The highest BCUT2D eigenvalue weighted by Gasteiger charge is 2.24. The number of halogens is 1. The molecule has 0 amide bonds. The van der Waals surface area contributed by atoms with Crippen molar-refractivity contribution in [1.29, 1.82) is 0 Å². The molecule has 1 unspecified atom stereocenters. The van der Waals surface area contributed by atoms with Crippen molar-refractivity contribution in [2.75, 3.05) is 24.6 Å². The van der Waals surface area contributed by atoms with Gasteiger partial charge in [-0.2, -0.15) is 0 Å². The van der Waals surface area contributed by atoms with E-state index in [1.54, 1.807) is 11.3 Å². The highest BCUT2D eigenvalue weighted by Crippen LogP contribution is 2.33. The number of anilines is 1. The van der Waals surface area contributed by atoms with Gasteiger partial charge in [0.2, 0.25) is 0 Å². The summed E-state index contributed by atoms with van der Waals surface area (Å²) < 4.78 is 6.99. The average Bonchev–Trinajstić information content (AvgIpc) is 3.09. The normalized spacial score (nSPS) is 18.8. The molecule has 1 fully saturated rings. The number of hydrogen-bond acceptors (Lipinski definition) is 4. The standard InChI is InChI=1S/C17H15BrN2OS/c18-13-4-1-3-12-14(6-7-19-17(12)13)20-8-9-21-15(11-20)16-5-2-10-22-16/h1-7,10,15H,8-9,11H2. The van der Waals surface area contributed by atoms with Crippen LogP contribution >= 0.6 is 27.3 Å². The predicted molar refractivity (Wildman–Crippen MR) is 94.7 cm³/mol. The lowest BCUT2D eigenvalue weighted by atomic mass is 10.1. The molecule has 0 saturated carbocycles. The molecular formula is C17H15BrN2OS. The molecular weight excluding hydrogens is 360 g/mol. The third-order valence-electron chi connectivity index (χ3n) is 3.97. The number of morpholine rings is 1. The van der Waals surface area contributed by atoms with E-state index in [2.05, 4.69) is 61.5 Å². The minimum Gasteiger partial charge on any atom is -0.369 e. The van der Waals surface area contributed by atoms with Gasteiger partial charge in [0, 0.05) is 39.7 Å². The van der Waals surface area contributed by atoms with Crippen LogP contribution in [0, 0.1) is 0 Å². The maximum absolute atomic E-state index is 5.95. The molecule has 2 aromatic heterocycles. The van der Waals surface area contributed by atoms with Gasteiger partial charge in [0.1, 0.15) is 6.10 Å². The number of pyridine rings is 1. The molecule has 3 heterocycles. The van der Waals surface area contributed by atoms with Gasteiger partial charge in [-0.1, -0.05) is 18.2 Å². The first-order valence-electron chi connectivity index (χ1n) is 7.26. The van der Waals surface area contributed by atoms with Crippen LogP contribution in [-0.2, 0) is 4.74 Å². The van der Waals surface area contributed by atoms with Crippen LogP contribution in [0.1, 0.15) is 11.0 Å². The first-order valence-corrected chi connectivity index (χ1v) is 8.93. The van der Waals surface area contributed by atoms with E-state index >= 15 is 0 Å². The van der Waals surface area contributed by atoms with Gasteiger partial charge in [-0.05, 0) is 39.5 Å². The maximum atomic E-state index is 5.95. The summed E-state index contributed by atoms with van der Waals surface area (Å²) in [4.78, 5) is 8.21. The first kappa shape index (κ1) is 14.2. The Labute approximate surface area is 141 Å². The molecule has 1 saturated heterocycles. The second-order valence-electron chi connectivity index (χ2n) is 5.29. The number of rotatable bonds is 2. The van der Waals surface area contributed by atoms with Gasteiger partial charge in [-0.3, -0.25) is 4.98 Å². The average molecular weight is 375 g/mol. The zero-order valence-corrected chi connectivity index (χ0v) is 14.3. The number of ether oxygens (including phenoxy) is 1. The molecule has 1 atom stereocenters. The second-order valence-corrected chi connectivity index (χ2v) is 7.12. The van der Waals surface area contributed by atoms with Crippen molar-refractivity contribution in [2.24, 2.45) is 0 Å². The lowest BCUT2D eigenvalue weighted by Crippen LogP contribution is -2.38. The highest BCUT2D eigenvalue weighted by molar-refractivity contribution is 9.10. The molecule has 1 aromatic carbocycles. The van der Waals surface area contributed by atoms with E-state index < -0.39 is 0 Å². The zero-order valence-electron chi connectivity index (χ0n) is 11.9. The Balaban J connectivity index is 1.71. The molecule has 0 radical (unpaired) electrons. The number of aromatic nitrogens is 1. The van der Waals surface area contributed by atoms with Gasteiger partial charge in [-0.25, -0.2) is 0 Å². The topological polar surface area (TPSA) is 25.4 Å². The van der Waals surface area contributed by atoms with Crippen molar-refractivity contribution in [3.8, 4) is 0 Å². The van der Waals surface area contributed by atoms with Gasteiger partial charge in [0.05, 0.1) is 12.1 Å². The van der Waals surface area contributed by atoms with Crippen molar-refractivity contribution in [3.63, 3.8) is 0 Å². The third-order valence-corrected chi connectivity index (χ3v) is 5.57. The van der Waals surface area contributed by atoms with Crippen molar-refractivity contribution < 1.29 is 4.74 Å². The molecule has 1 aliphatic rings. The summed E-state index contributed by atoms with van der Waals surface area (Å²) in [5.41, 5.74) is 2.25. The Morgan fingerprint density at radius 3 is 3.05 bits per heavy atom. The third kappa shape index (κ3) is 2.53. The number of fused-ring (bicyclic) bond motifs is 1. The van der Waals surface area contributed by atoms with Crippen LogP contribution in [0.3, 0.4) is 0 Å². The number of hydrogen-bond donors (Lipinski definition) is 0. The fraction of sp³-hybridized carbons (Fsp3) is 0.235. The fourth-order valence-electron chi connectivity index (χ4n) is 2.92. The minimum absolute atomic E-state index is 0.157. The van der Waals surface area contributed by atoms with Crippen molar-refractivity contribution >= 4 is 43.9 Å². The molecule has 5 heteroatoms. The summed E-state index contributed by atoms with van der Waals surface area (Å²) in [5, 5.41) is 3.29. The molecule has 22 heavy (non-hydrogen) atoms. The van der Waals surface area contributed by atoms with Crippen molar-refractivity contribution in [2.45, 2.75) is 6.10 Å². The smallest absolute Gasteiger partial charge is 0.109 e. The SMILES string of the molecule is Brc1cccc2c(N3CCOC(c4cccs4)C3)ccnc12. The van der Waals surface area contributed by atoms with Crippen LogP contribution in [0.5, 0.6) is 0 Å². The van der Waals surface area contributed by atoms with E-state index in [0.717, 1.165) is 29.7 Å². The van der Waals surface area contributed by atoms with Gasteiger partial charge in [-0.15, -0.1) is 11.3 Å². The Morgan fingerprint density at radius 2 is 2.18 bits per heavy atom. The monoisotopic (exact) mass is 374 g/mol. The molecule has 112 valence electrons. The summed E-state index contributed by atoms with van der Waals surface area (Å²) in [5.74, 6) is 0.